The Kier molecular flexibility index (Phi) is 4.63. The largest absolute Gasteiger partial charge is 0.389 e. The van der Waals surface area contributed by atoms with Crippen LogP contribution >= 0.6 is 0 Å². The second kappa shape index (κ2) is 6.43. The molecule has 0 saturated carbocycles. The molecule has 0 amide bonds. The summed E-state index contributed by atoms with van der Waals surface area (Å²) < 4.78 is 2.26. The Morgan fingerprint density at radius 2 is 2.00 bits per heavy atom. The lowest BCUT2D eigenvalue weighted by Gasteiger charge is -2.15. The molecule has 19 heavy (non-hydrogen) atoms. The minimum Gasteiger partial charge on any atom is -0.389 e. The number of nitrogens with zero attached hydrogens (tertiary/aromatic N) is 1. The van der Waals surface area contributed by atoms with E-state index in [9.17, 15) is 5.11 Å². The third-order valence-corrected chi connectivity index (χ3v) is 3.26. The van der Waals surface area contributed by atoms with Gasteiger partial charge in [0.2, 0.25) is 0 Å². The van der Waals surface area contributed by atoms with E-state index in [0.29, 0.717) is 0 Å². The zero-order chi connectivity index (χ0) is 13.7. The second-order valence-corrected chi connectivity index (χ2v) is 4.81. The van der Waals surface area contributed by atoms with Crippen LogP contribution in [0, 0.1) is 0 Å². The van der Waals surface area contributed by atoms with E-state index in [1.165, 1.54) is 5.69 Å². The van der Waals surface area contributed by atoms with Crippen LogP contribution in [-0.4, -0.2) is 9.67 Å². The number of aliphatic hydroxyl groups is 1. The maximum absolute atomic E-state index is 9.76. The van der Waals surface area contributed by atoms with Crippen LogP contribution in [0.2, 0.25) is 0 Å². The van der Waals surface area contributed by atoms with Gasteiger partial charge in [-0.15, -0.1) is 0 Å². The molecule has 0 fully saturated rings. The normalized spacial score (nSPS) is 12.4. The van der Waals surface area contributed by atoms with Crippen molar-refractivity contribution < 1.29 is 5.11 Å². The lowest BCUT2D eigenvalue weighted by atomic mass is 10.1. The fraction of sp³-hybridized carbons (Fsp3) is 0.375. The van der Waals surface area contributed by atoms with Crippen LogP contribution in [0.4, 0.5) is 5.69 Å². The number of aliphatic hydroxyl groups excluding tert-OH is 1. The average Bonchev–Trinajstić information content (AvgIpc) is 2.84. The van der Waals surface area contributed by atoms with Gasteiger partial charge in [0.25, 0.3) is 0 Å². The lowest BCUT2D eigenvalue weighted by Crippen LogP contribution is -2.08. The van der Waals surface area contributed by atoms with Crippen LogP contribution in [0.5, 0.6) is 0 Å². The molecule has 102 valence electrons. The van der Waals surface area contributed by atoms with Crippen molar-refractivity contribution in [1.82, 2.24) is 4.57 Å². The molecule has 3 nitrogen and oxygen atoms in total. The third-order valence-electron chi connectivity index (χ3n) is 3.26. The predicted molar refractivity (Wildman–Crippen MR) is 79.1 cm³/mol. The highest BCUT2D eigenvalue weighted by atomic mass is 16.3. The number of hydrogen-bond acceptors (Lipinski definition) is 2. The van der Waals surface area contributed by atoms with E-state index in [4.69, 9.17) is 0 Å². The molecule has 1 unspecified atom stereocenters. The van der Waals surface area contributed by atoms with Gasteiger partial charge in [-0.2, -0.15) is 0 Å². The van der Waals surface area contributed by atoms with E-state index >= 15 is 0 Å². The van der Waals surface area contributed by atoms with E-state index in [2.05, 4.69) is 35.1 Å². The van der Waals surface area contributed by atoms with Crippen molar-refractivity contribution in [2.24, 2.45) is 0 Å². The Hall–Kier alpha value is -1.74. The first-order valence-corrected chi connectivity index (χ1v) is 6.87. The molecule has 3 heteroatoms. The summed E-state index contributed by atoms with van der Waals surface area (Å²) in [6.45, 7) is 5.79. The molecule has 2 N–H and O–H groups in total. The Bertz CT molecular complexity index is 517. The molecular weight excluding hydrogens is 236 g/mol. The minimum atomic E-state index is -0.453. The first-order chi connectivity index (χ1) is 9.22. The maximum atomic E-state index is 9.76. The molecule has 0 aliphatic heterocycles. The van der Waals surface area contributed by atoms with Gasteiger partial charge < -0.3 is 15.0 Å². The zero-order valence-corrected chi connectivity index (χ0v) is 11.6. The molecule has 2 aromatic rings. The average molecular weight is 258 g/mol. The molecular formula is C16H22N2O. The summed E-state index contributed by atoms with van der Waals surface area (Å²) in [5, 5.41) is 13.2. The first-order valence-electron chi connectivity index (χ1n) is 6.87. The number of aryl methyl sites for hydroxylation is 1. The van der Waals surface area contributed by atoms with Gasteiger partial charge in [-0.25, -0.2) is 0 Å². The molecule has 0 aliphatic carbocycles. The van der Waals surface area contributed by atoms with Crippen molar-refractivity contribution >= 4 is 5.69 Å². The zero-order valence-electron chi connectivity index (χ0n) is 11.6. The molecule has 0 saturated heterocycles. The minimum absolute atomic E-state index is 0.453. The molecule has 0 radical (unpaired) electrons. The SMILES string of the molecule is CCCn1cccc1CNc1ccccc1C(C)O. The summed E-state index contributed by atoms with van der Waals surface area (Å²) in [4.78, 5) is 0. The first kappa shape index (κ1) is 13.7. The maximum Gasteiger partial charge on any atom is 0.0781 e. The highest BCUT2D eigenvalue weighted by Gasteiger charge is 2.07. The van der Waals surface area contributed by atoms with E-state index in [1.54, 1.807) is 6.92 Å². The summed E-state index contributed by atoms with van der Waals surface area (Å²) in [6, 6.07) is 12.1. The summed E-state index contributed by atoms with van der Waals surface area (Å²) in [6.07, 6.45) is 2.79. The molecule has 1 aromatic carbocycles. The van der Waals surface area contributed by atoms with E-state index < -0.39 is 6.10 Å². The van der Waals surface area contributed by atoms with Gasteiger partial charge in [0, 0.05) is 29.7 Å². The quantitative estimate of drug-likeness (QED) is 0.831. The smallest absolute Gasteiger partial charge is 0.0781 e. The standard InChI is InChI=1S/C16H22N2O/c1-3-10-18-11-6-7-14(18)12-17-16-9-5-4-8-15(16)13(2)19/h4-9,11,13,17,19H,3,10,12H2,1-2H3. The fourth-order valence-electron chi connectivity index (χ4n) is 2.28. The molecule has 0 aliphatic rings. The summed E-state index contributed by atoms with van der Waals surface area (Å²) in [5.74, 6) is 0. The Morgan fingerprint density at radius 1 is 1.21 bits per heavy atom. The number of rotatable bonds is 6. The fourth-order valence-corrected chi connectivity index (χ4v) is 2.28. The van der Waals surface area contributed by atoms with Gasteiger partial charge in [-0.1, -0.05) is 25.1 Å². The van der Waals surface area contributed by atoms with Gasteiger partial charge in [0.15, 0.2) is 0 Å². The van der Waals surface area contributed by atoms with E-state index in [1.807, 2.05) is 24.3 Å². The molecule has 1 atom stereocenters. The molecule has 0 spiro atoms. The van der Waals surface area contributed by atoms with Crippen LogP contribution in [-0.2, 0) is 13.1 Å². The van der Waals surface area contributed by atoms with Gasteiger partial charge in [0.1, 0.15) is 0 Å². The number of benzene rings is 1. The van der Waals surface area contributed by atoms with Crippen molar-refractivity contribution in [2.45, 2.75) is 39.5 Å². The van der Waals surface area contributed by atoms with Crippen molar-refractivity contribution in [3.8, 4) is 0 Å². The van der Waals surface area contributed by atoms with Crippen LogP contribution in [0.15, 0.2) is 42.6 Å². The monoisotopic (exact) mass is 258 g/mol. The van der Waals surface area contributed by atoms with Crippen LogP contribution in [0.3, 0.4) is 0 Å². The number of para-hydroxylation sites is 1. The highest BCUT2D eigenvalue weighted by molar-refractivity contribution is 5.52. The van der Waals surface area contributed by atoms with Gasteiger partial charge >= 0.3 is 0 Å². The molecule has 1 aromatic heterocycles. The number of anilines is 1. The highest BCUT2D eigenvalue weighted by Crippen LogP contribution is 2.22. The Balaban J connectivity index is 2.08. The summed E-state index contributed by atoms with van der Waals surface area (Å²) in [5.41, 5.74) is 3.21. The second-order valence-electron chi connectivity index (χ2n) is 4.81. The lowest BCUT2D eigenvalue weighted by molar-refractivity contribution is 0.200. The van der Waals surface area contributed by atoms with E-state index in [-0.39, 0.29) is 0 Å². The Morgan fingerprint density at radius 3 is 2.74 bits per heavy atom. The summed E-state index contributed by atoms with van der Waals surface area (Å²) in [7, 11) is 0. The van der Waals surface area contributed by atoms with Crippen molar-refractivity contribution in [1.29, 1.82) is 0 Å². The van der Waals surface area contributed by atoms with Gasteiger partial charge in [0.05, 0.1) is 12.6 Å². The Labute approximate surface area is 114 Å². The topological polar surface area (TPSA) is 37.2 Å². The van der Waals surface area contributed by atoms with Crippen molar-refractivity contribution in [3.05, 3.63) is 53.9 Å². The predicted octanol–water partition coefficient (Wildman–Crippen LogP) is 3.56. The van der Waals surface area contributed by atoms with Crippen LogP contribution in [0.1, 0.15) is 37.6 Å². The van der Waals surface area contributed by atoms with Crippen LogP contribution < -0.4 is 5.32 Å². The molecule has 2 rings (SSSR count). The van der Waals surface area contributed by atoms with Crippen molar-refractivity contribution in [2.75, 3.05) is 5.32 Å². The van der Waals surface area contributed by atoms with Gasteiger partial charge in [-0.05, 0) is 31.5 Å². The van der Waals surface area contributed by atoms with E-state index in [0.717, 1.165) is 30.8 Å². The van der Waals surface area contributed by atoms with Gasteiger partial charge in [-0.3, -0.25) is 0 Å². The number of aromatic nitrogens is 1. The molecule has 1 heterocycles. The number of nitrogens with one attached hydrogen (secondary N) is 1. The van der Waals surface area contributed by atoms with Crippen molar-refractivity contribution in [3.63, 3.8) is 0 Å². The third kappa shape index (κ3) is 3.38. The number of hydrogen-bond donors (Lipinski definition) is 2. The summed E-state index contributed by atoms with van der Waals surface area (Å²) >= 11 is 0. The molecule has 0 bridgehead atoms. The van der Waals surface area contributed by atoms with Crippen LogP contribution in [0.25, 0.3) is 0 Å².